The molecule has 0 heterocycles. The maximum atomic E-state index is 9.67. The standard InChI is InChI=1S/C15H15NO/c16-14-10-9-13(15(17)11-14)8-4-7-12-5-2-1-3-6-12/h1-7,9-11,17H,8,16H2/b7-4+. The van der Waals surface area contributed by atoms with E-state index in [1.165, 1.54) is 0 Å². The molecule has 0 aromatic heterocycles. The van der Waals surface area contributed by atoms with E-state index in [1.807, 2.05) is 48.6 Å². The van der Waals surface area contributed by atoms with E-state index in [-0.39, 0.29) is 5.75 Å². The van der Waals surface area contributed by atoms with Gasteiger partial charge in [0.05, 0.1) is 0 Å². The van der Waals surface area contributed by atoms with Crippen molar-refractivity contribution in [2.75, 3.05) is 5.73 Å². The van der Waals surface area contributed by atoms with Crippen LogP contribution in [-0.2, 0) is 6.42 Å². The lowest BCUT2D eigenvalue weighted by Crippen LogP contribution is -1.87. The van der Waals surface area contributed by atoms with E-state index >= 15 is 0 Å². The van der Waals surface area contributed by atoms with Gasteiger partial charge in [0.15, 0.2) is 0 Å². The molecule has 86 valence electrons. The third-order valence-corrected chi connectivity index (χ3v) is 2.56. The Kier molecular flexibility index (Phi) is 3.46. The Morgan fingerprint density at radius 1 is 1.06 bits per heavy atom. The van der Waals surface area contributed by atoms with Crippen LogP contribution in [0.2, 0.25) is 0 Å². The van der Waals surface area contributed by atoms with Crippen LogP contribution < -0.4 is 5.73 Å². The summed E-state index contributed by atoms with van der Waals surface area (Å²) in [5, 5.41) is 9.67. The minimum Gasteiger partial charge on any atom is -0.508 e. The Balaban J connectivity index is 2.05. The van der Waals surface area contributed by atoms with Gasteiger partial charge in [-0.05, 0) is 23.6 Å². The number of nitrogens with two attached hydrogens (primary N) is 1. The molecule has 0 aliphatic carbocycles. The predicted molar refractivity (Wildman–Crippen MR) is 71.7 cm³/mol. The van der Waals surface area contributed by atoms with Gasteiger partial charge in [0.1, 0.15) is 5.75 Å². The molecule has 0 unspecified atom stereocenters. The number of allylic oxidation sites excluding steroid dienone is 1. The number of hydrogen-bond acceptors (Lipinski definition) is 2. The van der Waals surface area contributed by atoms with Gasteiger partial charge in [-0.15, -0.1) is 0 Å². The average Bonchev–Trinajstić information content (AvgIpc) is 2.33. The van der Waals surface area contributed by atoms with E-state index in [0.717, 1.165) is 11.1 Å². The molecule has 2 aromatic carbocycles. The van der Waals surface area contributed by atoms with Crippen molar-refractivity contribution in [1.29, 1.82) is 0 Å². The van der Waals surface area contributed by atoms with Crippen LogP contribution >= 0.6 is 0 Å². The second kappa shape index (κ2) is 5.21. The fourth-order valence-electron chi connectivity index (χ4n) is 1.64. The number of anilines is 1. The fourth-order valence-corrected chi connectivity index (χ4v) is 1.64. The van der Waals surface area contributed by atoms with Gasteiger partial charge in [0.25, 0.3) is 0 Å². The molecule has 0 fully saturated rings. The molecule has 0 saturated carbocycles. The molecule has 0 aliphatic rings. The molecule has 0 saturated heterocycles. The van der Waals surface area contributed by atoms with Crippen LogP contribution in [0.4, 0.5) is 5.69 Å². The molecule has 2 heteroatoms. The van der Waals surface area contributed by atoms with Gasteiger partial charge in [-0.25, -0.2) is 0 Å². The fraction of sp³-hybridized carbons (Fsp3) is 0.0667. The quantitative estimate of drug-likeness (QED) is 0.788. The largest absolute Gasteiger partial charge is 0.508 e. The second-order valence-electron chi connectivity index (χ2n) is 3.91. The Bertz CT molecular complexity index is 518. The summed E-state index contributed by atoms with van der Waals surface area (Å²) in [4.78, 5) is 0. The highest BCUT2D eigenvalue weighted by Crippen LogP contribution is 2.20. The molecule has 0 radical (unpaired) electrons. The summed E-state index contributed by atoms with van der Waals surface area (Å²) in [7, 11) is 0. The Morgan fingerprint density at radius 3 is 2.53 bits per heavy atom. The van der Waals surface area contributed by atoms with Crippen LogP contribution in [-0.4, -0.2) is 5.11 Å². The summed E-state index contributed by atoms with van der Waals surface area (Å²) >= 11 is 0. The maximum absolute atomic E-state index is 9.67. The van der Waals surface area contributed by atoms with Gasteiger partial charge in [-0.2, -0.15) is 0 Å². The first-order valence-electron chi connectivity index (χ1n) is 5.54. The number of phenols is 1. The molecule has 2 nitrogen and oxygen atoms in total. The van der Waals surface area contributed by atoms with Crippen molar-refractivity contribution in [3.63, 3.8) is 0 Å². The monoisotopic (exact) mass is 225 g/mol. The highest BCUT2D eigenvalue weighted by molar-refractivity contribution is 5.52. The number of rotatable bonds is 3. The number of aromatic hydroxyl groups is 1. The minimum absolute atomic E-state index is 0.253. The molecule has 2 rings (SSSR count). The van der Waals surface area contributed by atoms with E-state index in [2.05, 4.69) is 0 Å². The summed E-state index contributed by atoms with van der Waals surface area (Å²) in [6.45, 7) is 0. The lowest BCUT2D eigenvalue weighted by molar-refractivity contribution is 0.470. The van der Waals surface area contributed by atoms with Gasteiger partial charge >= 0.3 is 0 Å². The zero-order chi connectivity index (χ0) is 12.1. The van der Waals surface area contributed by atoms with Crippen LogP contribution in [0.1, 0.15) is 11.1 Å². The van der Waals surface area contributed by atoms with E-state index in [1.54, 1.807) is 12.1 Å². The third kappa shape index (κ3) is 3.11. The van der Waals surface area contributed by atoms with Gasteiger partial charge in [0, 0.05) is 11.8 Å². The van der Waals surface area contributed by atoms with E-state index in [9.17, 15) is 5.11 Å². The maximum Gasteiger partial charge on any atom is 0.121 e. The molecule has 17 heavy (non-hydrogen) atoms. The van der Waals surface area contributed by atoms with Crippen molar-refractivity contribution in [2.45, 2.75) is 6.42 Å². The normalized spacial score (nSPS) is 10.8. The molecule has 0 amide bonds. The Hall–Kier alpha value is -2.22. The zero-order valence-electron chi connectivity index (χ0n) is 9.51. The van der Waals surface area contributed by atoms with Crippen molar-refractivity contribution < 1.29 is 5.11 Å². The van der Waals surface area contributed by atoms with Crippen LogP contribution in [0.5, 0.6) is 5.75 Å². The number of nitrogen functional groups attached to an aromatic ring is 1. The first kappa shape index (κ1) is 11.3. The zero-order valence-corrected chi connectivity index (χ0v) is 9.51. The van der Waals surface area contributed by atoms with Crippen molar-refractivity contribution in [1.82, 2.24) is 0 Å². The predicted octanol–water partition coefficient (Wildman–Crippen LogP) is 3.23. The van der Waals surface area contributed by atoms with E-state index < -0.39 is 0 Å². The van der Waals surface area contributed by atoms with Crippen molar-refractivity contribution in [2.24, 2.45) is 0 Å². The smallest absolute Gasteiger partial charge is 0.121 e. The van der Waals surface area contributed by atoms with Gasteiger partial charge in [0.2, 0.25) is 0 Å². The lowest BCUT2D eigenvalue weighted by Gasteiger charge is -2.02. The number of phenolic OH excluding ortho intramolecular Hbond substituents is 1. The highest BCUT2D eigenvalue weighted by atomic mass is 16.3. The third-order valence-electron chi connectivity index (χ3n) is 2.56. The van der Waals surface area contributed by atoms with E-state index in [4.69, 9.17) is 5.73 Å². The first-order chi connectivity index (χ1) is 8.25. The molecule has 0 spiro atoms. The minimum atomic E-state index is 0.253. The average molecular weight is 225 g/mol. The van der Waals surface area contributed by atoms with Crippen molar-refractivity contribution >= 4 is 11.8 Å². The molecular weight excluding hydrogens is 210 g/mol. The van der Waals surface area contributed by atoms with E-state index in [0.29, 0.717) is 12.1 Å². The van der Waals surface area contributed by atoms with Crippen molar-refractivity contribution in [3.8, 4) is 5.75 Å². The molecule has 0 atom stereocenters. The SMILES string of the molecule is Nc1ccc(C/C=C/c2ccccc2)c(O)c1. The van der Waals surface area contributed by atoms with Gasteiger partial charge < -0.3 is 10.8 Å². The summed E-state index contributed by atoms with van der Waals surface area (Å²) in [6.07, 6.45) is 4.76. The van der Waals surface area contributed by atoms with Crippen LogP contribution in [0.3, 0.4) is 0 Å². The van der Waals surface area contributed by atoms with Gasteiger partial charge in [-0.3, -0.25) is 0 Å². The van der Waals surface area contributed by atoms with Crippen LogP contribution in [0.25, 0.3) is 6.08 Å². The first-order valence-corrected chi connectivity index (χ1v) is 5.54. The van der Waals surface area contributed by atoms with Gasteiger partial charge in [-0.1, -0.05) is 48.6 Å². The topological polar surface area (TPSA) is 46.2 Å². The molecule has 0 bridgehead atoms. The molecule has 2 aromatic rings. The van der Waals surface area contributed by atoms with Crippen LogP contribution in [0.15, 0.2) is 54.6 Å². The molecular formula is C15H15NO. The highest BCUT2D eigenvalue weighted by Gasteiger charge is 1.98. The van der Waals surface area contributed by atoms with Crippen LogP contribution in [0, 0.1) is 0 Å². The van der Waals surface area contributed by atoms with Crippen molar-refractivity contribution in [3.05, 3.63) is 65.7 Å². The number of hydrogen-bond donors (Lipinski definition) is 2. The summed E-state index contributed by atoms with van der Waals surface area (Å²) in [5.41, 5.74) is 8.19. The Labute approximate surface area is 101 Å². The number of benzene rings is 2. The summed E-state index contributed by atoms with van der Waals surface area (Å²) in [5.74, 6) is 0.253. The summed E-state index contributed by atoms with van der Waals surface area (Å²) in [6, 6.07) is 15.3. The lowest BCUT2D eigenvalue weighted by atomic mass is 10.1. The Morgan fingerprint density at radius 2 is 1.82 bits per heavy atom. The molecule has 0 aliphatic heterocycles. The second-order valence-corrected chi connectivity index (χ2v) is 3.91. The molecule has 3 N–H and O–H groups in total. The summed E-state index contributed by atoms with van der Waals surface area (Å²) < 4.78 is 0.